The number of pyridine rings is 1. The molecule has 0 radical (unpaired) electrons. The molecule has 0 spiro atoms. The molecular formula is C9H12BrN. The SMILES string of the molecule is Cc1cnc(Br)cc1C(C)C. The van der Waals surface area contributed by atoms with Gasteiger partial charge in [-0.1, -0.05) is 13.8 Å². The molecule has 0 aliphatic carbocycles. The molecule has 1 nitrogen and oxygen atoms in total. The third-order valence-corrected chi connectivity index (χ3v) is 2.17. The zero-order chi connectivity index (χ0) is 8.43. The van der Waals surface area contributed by atoms with Crippen LogP contribution in [0.4, 0.5) is 0 Å². The van der Waals surface area contributed by atoms with Crippen molar-refractivity contribution in [1.82, 2.24) is 4.98 Å². The minimum atomic E-state index is 0.578. The standard InChI is InChI=1S/C9H12BrN/c1-6(2)8-4-9(10)11-5-7(8)3/h4-6H,1-3H3. The number of nitrogens with zero attached hydrogens (tertiary/aromatic N) is 1. The summed E-state index contributed by atoms with van der Waals surface area (Å²) in [5.41, 5.74) is 2.63. The van der Waals surface area contributed by atoms with Gasteiger partial charge in [-0.3, -0.25) is 0 Å². The molecule has 11 heavy (non-hydrogen) atoms. The fourth-order valence-electron chi connectivity index (χ4n) is 1.13. The number of aromatic nitrogens is 1. The largest absolute Gasteiger partial charge is 0.249 e. The molecule has 1 aromatic rings. The first-order chi connectivity index (χ1) is 5.11. The Hall–Kier alpha value is -0.370. The van der Waals surface area contributed by atoms with Crippen LogP contribution in [0.1, 0.15) is 30.9 Å². The van der Waals surface area contributed by atoms with Crippen LogP contribution in [-0.2, 0) is 0 Å². The molecule has 0 aliphatic rings. The lowest BCUT2D eigenvalue weighted by Gasteiger charge is -2.08. The molecule has 1 heterocycles. The van der Waals surface area contributed by atoms with E-state index in [4.69, 9.17) is 0 Å². The average molecular weight is 214 g/mol. The van der Waals surface area contributed by atoms with Crippen LogP contribution in [0.25, 0.3) is 0 Å². The molecular weight excluding hydrogens is 202 g/mol. The summed E-state index contributed by atoms with van der Waals surface area (Å²) >= 11 is 3.35. The molecule has 60 valence electrons. The van der Waals surface area contributed by atoms with E-state index >= 15 is 0 Å². The number of hydrogen-bond acceptors (Lipinski definition) is 1. The van der Waals surface area contributed by atoms with Crippen LogP contribution < -0.4 is 0 Å². The van der Waals surface area contributed by atoms with Gasteiger partial charge in [0.1, 0.15) is 4.60 Å². The van der Waals surface area contributed by atoms with Crippen molar-refractivity contribution in [1.29, 1.82) is 0 Å². The number of aryl methyl sites for hydroxylation is 1. The molecule has 0 atom stereocenters. The minimum absolute atomic E-state index is 0.578. The van der Waals surface area contributed by atoms with Crippen molar-refractivity contribution in [3.05, 3.63) is 28.0 Å². The molecule has 0 amide bonds. The summed E-state index contributed by atoms with van der Waals surface area (Å²) in [6.45, 7) is 6.47. The number of hydrogen-bond donors (Lipinski definition) is 0. The molecule has 0 saturated heterocycles. The Morgan fingerprint density at radius 3 is 2.55 bits per heavy atom. The van der Waals surface area contributed by atoms with Crippen LogP contribution in [-0.4, -0.2) is 4.98 Å². The maximum atomic E-state index is 4.14. The van der Waals surface area contributed by atoms with Gasteiger partial charge in [-0.2, -0.15) is 0 Å². The van der Waals surface area contributed by atoms with Crippen molar-refractivity contribution in [3.63, 3.8) is 0 Å². The molecule has 0 bridgehead atoms. The lowest BCUT2D eigenvalue weighted by atomic mass is 10.0. The van der Waals surface area contributed by atoms with Crippen LogP contribution in [0.2, 0.25) is 0 Å². The van der Waals surface area contributed by atoms with Crippen molar-refractivity contribution >= 4 is 15.9 Å². The van der Waals surface area contributed by atoms with Gasteiger partial charge in [-0.15, -0.1) is 0 Å². The third kappa shape index (κ3) is 2.03. The van der Waals surface area contributed by atoms with E-state index in [9.17, 15) is 0 Å². The maximum absolute atomic E-state index is 4.14. The summed E-state index contributed by atoms with van der Waals surface area (Å²) in [5.74, 6) is 0.578. The summed E-state index contributed by atoms with van der Waals surface area (Å²) in [6, 6.07) is 2.08. The minimum Gasteiger partial charge on any atom is -0.249 e. The first-order valence-corrected chi connectivity index (χ1v) is 4.52. The third-order valence-electron chi connectivity index (χ3n) is 1.73. The van der Waals surface area contributed by atoms with E-state index in [1.165, 1.54) is 11.1 Å². The Bertz CT molecular complexity index is 256. The van der Waals surface area contributed by atoms with E-state index in [0.29, 0.717) is 5.92 Å². The molecule has 0 unspecified atom stereocenters. The van der Waals surface area contributed by atoms with Crippen molar-refractivity contribution in [3.8, 4) is 0 Å². The lowest BCUT2D eigenvalue weighted by Crippen LogP contribution is -1.92. The highest BCUT2D eigenvalue weighted by molar-refractivity contribution is 9.10. The Kier molecular flexibility index (Phi) is 2.66. The van der Waals surface area contributed by atoms with E-state index in [2.05, 4.69) is 47.8 Å². The Morgan fingerprint density at radius 2 is 2.09 bits per heavy atom. The van der Waals surface area contributed by atoms with Gasteiger partial charge in [0.05, 0.1) is 0 Å². The number of halogens is 1. The highest BCUT2D eigenvalue weighted by Crippen LogP contribution is 2.20. The second-order valence-electron chi connectivity index (χ2n) is 3.02. The quantitative estimate of drug-likeness (QED) is 0.653. The Morgan fingerprint density at radius 1 is 1.45 bits per heavy atom. The highest BCUT2D eigenvalue weighted by Gasteiger charge is 2.03. The second-order valence-corrected chi connectivity index (χ2v) is 3.83. The van der Waals surface area contributed by atoms with Gasteiger partial charge in [0, 0.05) is 6.20 Å². The Labute approximate surface area is 76.0 Å². The zero-order valence-corrected chi connectivity index (χ0v) is 8.64. The summed E-state index contributed by atoms with van der Waals surface area (Å²) in [4.78, 5) is 4.14. The van der Waals surface area contributed by atoms with Crippen LogP contribution in [0, 0.1) is 6.92 Å². The van der Waals surface area contributed by atoms with Crippen molar-refractivity contribution in [2.75, 3.05) is 0 Å². The smallest absolute Gasteiger partial charge is 0.106 e. The van der Waals surface area contributed by atoms with Crippen molar-refractivity contribution in [2.45, 2.75) is 26.7 Å². The van der Waals surface area contributed by atoms with Crippen LogP contribution in [0.5, 0.6) is 0 Å². The summed E-state index contributed by atoms with van der Waals surface area (Å²) in [7, 11) is 0. The van der Waals surface area contributed by atoms with Gasteiger partial charge >= 0.3 is 0 Å². The van der Waals surface area contributed by atoms with Gasteiger partial charge < -0.3 is 0 Å². The van der Waals surface area contributed by atoms with Gasteiger partial charge in [-0.25, -0.2) is 4.98 Å². The van der Waals surface area contributed by atoms with Crippen molar-refractivity contribution < 1.29 is 0 Å². The normalized spacial score (nSPS) is 10.6. The van der Waals surface area contributed by atoms with Gasteiger partial charge in [0.25, 0.3) is 0 Å². The molecule has 1 aromatic heterocycles. The van der Waals surface area contributed by atoms with E-state index in [-0.39, 0.29) is 0 Å². The van der Waals surface area contributed by atoms with E-state index in [1.807, 2.05) is 6.20 Å². The molecule has 0 N–H and O–H groups in total. The molecule has 0 aromatic carbocycles. The number of rotatable bonds is 1. The van der Waals surface area contributed by atoms with Gasteiger partial charge in [-0.05, 0) is 46.0 Å². The molecule has 2 heteroatoms. The monoisotopic (exact) mass is 213 g/mol. The van der Waals surface area contributed by atoms with Crippen LogP contribution in [0.15, 0.2) is 16.9 Å². The summed E-state index contributed by atoms with van der Waals surface area (Å²) in [5, 5.41) is 0. The Balaban J connectivity index is 3.13. The molecule has 0 fully saturated rings. The van der Waals surface area contributed by atoms with Gasteiger partial charge in [0.2, 0.25) is 0 Å². The fourth-order valence-corrected chi connectivity index (χ4v) is 1.48. The maximum Gasteiger partial charge on any atom is 0.106 e. The topological polar surface area (TPSA) is 12.9 Å². The van der Waals surface area contributed by atoms with E-state index in [1.54, 1.807) is 0 Å². The second kappa shape index (κ2) is 3.35. The average Bonchev–Trinajstić information content (AvgIpc) is 1.94. The fraction of sp³-hybridized carbons (Fsp3) is 0.444. The zero-order valence-electron chi connectivity index (χ0n) is 7.06. The molecule has 1 rings (SSSR count). The predicted molar refractivity (Wildman–Crippen MR) is 50.8 cm³/mol. The van der Waals surface area contributed by atoms with E-state index in [0.717, 1.165) is 4.60 Å². The molecule has 0 saturated carbocycles. The predicted octanol–water partition coefficient (Wildman–Crippen LogP) is 3.28. The van der Waals surface area contributed by atoms with Crippen molar-refractivity contribution in [2.24, 2.45) is 0 Å². The summed E-state index contributed by atoms with van der Waals surface area (Å²) < 4.78 is 0.923. The highest BCUT2D eigenvalue weighted by atomic mass is 79.9. The van der Waals surface area contributed by atoms with Crippen LogP contribution in [0.3, 0.4) is 0 Å². The molecule has 0 aliphatic heterocycles. The van der Waals surface area contributed by atoms with Crippen LogP contribution >= 0.6 is 15.9 Å². The first-order valence-electron chi connectivity index (χ1n) is 3.73. The lowest BCUT2D eigenvalue weighted by molar-refractivity contribution is 0.849. The van der Waals surface area contributed by atoms with Gasteiger partial charge in [0.15, 0.2) is 0 Å². The first kappa shape index (κ1) is 8.72. The summed E-state index contributed by atoms with van der Waals surface area (Å²) in [6.07, 6.45) is 1.90. The van der Waals surface area contributed by atoms with E-state index < -0.39 is 0 Å².